The van der Waals surface area contributed by atoms with Crippen molar-refractivity contribution in [1.29, 1.82) is 0 Å². The largest absolute Gasteiger partial charge is 0.487 e. The highest BCUT2D eigenvalue weighted by Gasteiger charge is 2.02. The molecule has 0 spiro atoms. The van der Waals surface area contributed by atoms with Crippen LogP contribution in [0.3, 0.4) is 0 Å². The molecule has 2 heteroatoms. The van der Waals surface area contributed by atoms with Gasteiger partial charge in [-0.1, -0.05) is 32.0 Å². The lowest BCUT2D eigenvalue weighted by molar-refractivity contribution is 0.300. The van der Waals surface area contributed by atoms with Crippen molar-refractivity contribution in [3.05, 3.63) is 59.4 Å². The average molecular weight is 241 g/mol. The van der Waals surface area contributed by atoms with E-state index in [1.54, 1.807) is 0 Å². The summed E-state index contributed by atoms with van der Waals surface area (Å²) in [4.78, 5) is 4.42. The fourth-order valence-corrected chi connectivity index (χ4v) is 1.80. The fraction of sp³-hybridized carbons (Fsp3) is 0.312. The lowest BCUT2D eigenvalue weighted by Gasteiger charge is -2.10. The van der Waals surface area contributed by atoms with Crippen molar-refractivity contribution in [2.45, 2.75) is 33.3 Å². The Morgan fingerprint density at radius 2 is 1.89 bits per heavy atom. The summed E-state index contributed by atoms with van der Waals surface area (Å²) in [5.41, 5.74) is 3.28. The Bertz CT molecular complexity index is 520. The fourth-order valence-electron chi connectivity index (χ4n) is 1.80. The molecular formula is C16H19NO. The minimum absolute atomic E-state index is 0.517. The van der Waals surface area contributed by atoms with Crippen molar-refractivity contribution >= 4 is 0 Å². The van der Waals surface area contributed by atoms with Crippen LogP contribution in [0, 0.1) is 6.92 Å². The zero-order valence-corrected chi connectivity index (χ0v) is 11.2. The summed E-state index contributed by atoms with van der Waals surface area (Å²) in [5, 5.41) is 0. The number of pyridine rings is 1. The maximum Gasteiger partial charge on any atom is 0.130 e. The molecule has 0 bridgehead atoms. The summed E-state index contributed by atoms with van der Waals surface area (Å²) in [7, 11) is 0. The molecule has 0 saturated heterocycles. The first kappa shape index (κ1) is 12.6. The molecule has 18 heavy (non-hydrogen) atoms. The number of hydrogen-bond acceptors (Lipinski definition) is 2. The molecule has 0 radical (unpaired) electrons. The van der Waals surface area contributed by atoms with Gasteiger partial charge in [-0.15, -0.1) is 0 Å². The van der Waals surface area contributed by atoms with E-state index in [1.807, 2.05) is 37.3 Å². The molecular weight excluding hydrogens is 222 g/mol. The molecule has 0 aliphatic heterocycles. The third-order valence-electron chi connectivity index (χ3n) is 2.86. The smallest absolute Gasteiger partial charge is 0.130 e. The molecule has 0 aliphatic rings. The molecule has 2 aromatic rings. The van der Waals surface area contributed by atoms with Crippen LogP contribution in [0.1, 0.15) is 36.7 Å². The molecule has 1 aromatic carbocycles. The van der Waals surface area contributed by atoms with E-state index in [0.29, 0.717) is 12.5 Å². The van der Waals surface area contributed by atoms with Crippen LogP contribution in [-0.2, 0) is 6.61 Å². The molecule has 1 heterocycles. The number of rotatable bonds is 4. The van der Waals surface area contributed by atoms with Crippen molar-refractivity contribution in [2.24, 2.45) is 0 Å². The van der Waals surface area contributed by atoms with Gasteiger partial charge in [0.2, 0.25) is 0 Å². The van der Waals surface area contributed by atoms with E-state index in [1.165, 1.54) is 5.56 Å². The quantitative estimate of drug-likeness (QED) is 0.804. The van der Waals surface area contributed by atoms with Crippen LogP contribution in [0.4, 0.5) is 0 Å². The van der Waals surface area contributed by atoms with Crippen LogP contribution < -0.4 is 4.74 Å². The standard InChI is InChI=1S/C16H19NO/c1-12(2)14-7-5-9-16(10-14)18-11-15-8-4-6-13(3)17-15/h4-10,12H,11H2,1-3H3. The van der Waals surface area contributed by atoms with E-state index in [-0.39, 0.29) is 0 Å². The number of aryl methyl sites for hydroxylation is 1. The number of ether oxygens (including phenoxy) is 1. The summed E-state index contributed by atoms with van der Waals surface area (Å²) in [6.45, 7) is 6.87. The van der Waals surface area contributed by atoms with Gasteiger partial charge in [0.05, 0.1) is 5.69 Å². The lowest BCUT2D eigenvalue weighted by atomic mass is 10.0. The Kier molecular flexibility index (Phi) is 3.98. The van der Waals surface area contributed by atoms with Gasteiger partial charge in [0, 0.05) is 5.69 Å². The van der Waals surface area contributed by atoms with E-state index in [0.717, 1.165) is 17.1 Å². The average Bonchev–Trinajstić information content (AvgIpc) is 2.37. The minimum Gasteiger partial charge on any atom is -0.487 e. The van der Waals surface area contributed by atoms with Gasteiger partial charge in [0.25, 0.3) is 0 Å². The van der Waals surface area contributed by atoms with E-state index in [9.17, 15) is 0 Å². The molecule has 0 unspecified atom stereocenters. The van der Waals surface area contributed by atoms with Crippen molar-refractivity contribution in [3.63, 3.8) is 0 Å². The van der Waals surface area contributed by atoms with Gasteiger partial charge < -0.3 is 4.74 Å². The molecule has 1 aromatic heterocycles. The molecule has 94 valence electrons. The number of benzene rings is 1. The Labute approximate surface area is 109 Å². The molecule has 0 atom stereocenters. The van der Waals surface area contributed by atoms with E-state index >= 15 is 0 Å². The van der Waals surface area contributed by atoms with Crippen LogP contribution in [0.15, 0.2) is 42.5 Å². The summed E-state index contributed by atoms with van der Waals surface area (Å²) >= 11 is 0. The van der Waals surface area contributed by atoms with Gasteiger partial charge in [-0.2, -0.15) is 0 Å². The second-order valence-corrected chi connectivity index (χ2v) is 4.79. The maximum absolute atomic E-state index is 5.78. The Balaban J connectivity index is 2.04. The van der Waals surface area contributed by atoms with Gasteiger partial charge in [0.1, 0.15) is 12.4 Å². The summed E-state index contributed by atoms with van der Waals surface area (Å²) in [5.74, 6) is 1.43. The van der Waals surface area contributed by atoms with Crippen LogP contribution in [0.2, 0.25) is 0 Å². The topological polar surface area (TPSA) is 22.1 Å². The summed E-state index contributed by atoms with van der Waals surface area (Å²) < 4.78 is 5.78. The van der Waals surface area contributed by atoms with Crippen molar-refractivity contribution < 1.29 is 4.74 Å². The van der Waals surface area contributed by atoms with Gasteiger partial charge in [-0.3, -0.25) is 4.98 Å². The maximum atomic E-state index is 5.78. The first-order valence-electron chi connectivity index (χ1n) is 6.30. The zero-order chi connectivity index (χ0) is 13.0. The van der Waals surface area contributed by atoms with Crippen molar-refractivity contribution in [2.75, 3.05) is 0 Å². The normalized spacial score (nSPS) is 10.7. The van der Waals surface area contributed by atoms with Crippen LogP contribution in [0.25, 0.3) is 0 Å². The highest BCUT2D eigenvalue weighted by atomic mass is 16.5. The monoisotopic (exact) mass is 241 g/mol. The first-order chi connectivity index (χ1) is 8.65. The van der Waals surface area contributed by atoms with E-state index < -0.39 is 0 Å². The second kappa shape index (κ2) is 5.67. The van der Waals surface area contributed by atoms with Crippen molar-refractivity contribution in [1.82, 2.24) is 4.98 Å². The molecule has 2 rings (SSSR count). The van der Waals surface area contributed by atoms with Gasteiger partial charge >= 0.3 is 0 Å². The predicted octanol–water partition coefficient (Wildman–Crippen LogP) is 4.09. The minimum atomic E-state index is 0.517. The van der Waals surface area contributed by atoms with Gasteiger partial charge in [0.15, 0.2) is 0 Å². The van der Waals surface area contributed by atoms with Gasteiger partial charge in [-0.05, 0) is 42.7 Å². The molecule has 0 amide bonds. The number of hydrogen-bond donors (Lipinski definition) is 0. The molecule has 0 saturated carbocycles. The predicted molar refractivity (Wildman–Crippen MR) is 73.8 cm³/mol. The van der Waals surface area contributed by atoms with Crippen molar-refractivity contribution in [3.8, 4) is 5.75 Å². The third kappa shape index (κ3) is 3.33. The highest BCUT2D eigenvalue weighted by molar-refractivity contribution is 5.30. The third-order valence-corrected chi connectivity index (χ3v) is 2.86. The van der Waals surface area contributed by atoms with E-state index in [2.05, 4.69) is 31.0 Å². The summed E-state index contributed by atoms with van der Waals surface area (Å²) in [6, 6.07) is 14.2. The molecule has 0 aliphatic carbocycles. The summed E-state index contributed by atoms with van der Waals surface area (Å²) in [6.07, 6.45) is 0. The Morgan fingerprint density at radius 3 is 2.61 bits per heavy atom. The first-order valence-corrected chi connectivity index (χ1v) is 6.30. The SMILES string of the molecule is Cc1cccc(COc2cccc(C(C)C)c2)n1. The molecule has 0 N–H and O–H groups in total. The van der Waals surface area contributed by atoms with Crippen LogP contribution >= 0.6 is 0 Å². The molecule has 2 nitrogen and oxygen atoms in total. The molecule has 0 fully saturated rings. The zero-order valence-electron chi connectivity index (χ0n) is 11.2. The second-order valence-electron chi connectivity index (χ2n) is 4.79. The van der Waals surface area contributed by atoms with E-state index in [4.69, 9.17) is 4.74 Å². The lowest BCUT2D eigenvalue weighted by Crippen LogP contribution is -1.99. The Morgan fingerprint density at radius 1 is 1.11 bits per heavy atom. The highest BCUT2D eigenvalue weighted by Crippen LogP contribution is 2.20. The number of aromatic nitrogens is 1. The van der Waals surface area contributed by atoms with Gasteiger partial charge in [-0.25, -0.2) is 0 Å². The Hall–Kier alpha value is -1.83. The number of nitrogens with zero attached hydrogens (tertiary/aromatic N) is 1. The van der Waals surface area contributed by atoms with Crippen LogP contribution in [0.5, 0.6) is 5.75 Å². The van der Waals surface area contributed by atoms with Crippen LogP contribution in [-0.4, -0.2) is 4.98 Å².